The third-order valence-corrected chi connectivity index (χ3v) is 13.5. The first kappa shape index (κ1) is 36.8. The Kier molecular flexibility index (Phi) is 9.06. The molecule has 12 aromatic rings. The van der Waals surface area contributed by atoms with Crippen LogP contribution < -0.4 is 4.90 Å². The standard InChI is InChI=1S/C60H40N2S/c1-4-17-41(18-5-1)44-31-35-47(36-32-44)61(57-28-16-30-59-60(57)50-25-12-15-29-58(50)63-59)53-26-13-10-23-48(53)49-24-11-14-27-54(49)62-55-37-33-45(42-19-6-2-7-20-42)39-51(55)52-40-46(34-38-56(52)62)43-21-8-3-9-22-43/h1-40H. The predicted molar refractivity (Wildman–Crippen MR) is 270 cm³/mol. The van der Waals surface area contributed by atoms with Crippen molar-refractivity contribution in [2.45, 2.75) is 0 Å². The van der Waals surface area contributed by atoms with Crippen LogP contribution in [0.5, 0.6) is 0 Å². The van der Waals surface area contributed by atoms with Gasteiger partial charge >= 0.3 is 0 Å². The van der Waals surface area contributed by atoms with Gasteiger partial charge in [0.05, 0.1) is 28.1 Å². The van der Waals surface area contributed by atoms with E-state index in [9.17, 15) is 0 Å². The first-order valence-corrected chi connectivity index (χ1v) is 22.3. The molecule has 0 atom stereocenters. The van der Waals surface area contributed by atoms with Crippen molar-refractivity contribution in [2.24, 2.45) is 0 Å². The Morgan fingerprint density at radius 1 is 0.317 bits per heavy atom. The van der Waals surface area contributed by atoms with Crippen LogP contribution in [0.4, 0.5) is 17.1 Å². The molecule has 0 radical (unpaired) electrons. The van der Waals surface area contributed by atoms with Crippen molar-refractivity contribution in [3.05, 3.63) is 243 Å². The van der Waals surface area contributed by atoms with E-state index in [2.05, 4.69) is 252 Å². The number of para-hydroxylation sites is 2. The molecular weight excluding hydrogens is 781 g/mol. The predicted octanol–water partition coefficient (Wildman–Crippen LogP) is 17.3. The van der Waals surface area contributed by atoms with Gasteiger partial charge in [-0.15, -0.1) is 11.3 Å². The smallest absolute Gasteiger partial charge is 0.0555 e. The largest absolute Gasteiger partial charge is 0.309 e. The van der Waals surface area contributed by atoms with E-state index in [0.29, 0.717) is 0 Å². The molecule has 63 heavy (non-hydrogen) atoms. The number of hydrogen-bond acceptors (Lipinski definition) is 2. The fourth-order valence-electron chi connectivity index (χ4n) is 9.48. The van der Waals surface area contributed by atoms with Crippen LogP contribution in [0.15, 0.2) is 243 Å². The van der Waals surface area contributed by atoms with Crippen LogP contribution in [-0.4, -0.2) is 4.57 Å². The van der Waals surface area contributed by atoms with Crippen LogP contribution in [-0.2, 0) is 0 Å². The lowest BCUT2D eigenvalue weighted by molar-refractivity contribution is 1.18. The van der Waals surface area contributed by atoms with Crippen molar-refractivity contribution >= 4 is 70.4 Å². The van der Waals surface area contributed by atoms with E-state index in [-0.39, 0.29) is 0 Å². The molecule has 2 nitrogen and oxygen atoms in total. The number of hydrogen-bond donors (Lipinski definition) is 0. The Morgan fingerprint density at radius 2 is 0.794 bits per heavy atom. The summed E-state index contributed by atoms with van der Waals surface area (Å²) in [5.74, 6) is 0. The summed E-state index contributed by atoms with van der Waals surface area (Å²) < 4.78 is 5.04. The second kappa shape index (κ2) is 15.5. The molecule has 0 aliphatic rings. The van der Waals surface area contributed by atoms with Crippen molar-refractivity contribution in [2.75, 3.05) is 4.90 Å². The zero-order valence-corrected chi connectivity index (χ0v) is 35.2. The summed E-state index contributed by atoms with van der Waals surface area (Å²) in [6.07, 6.45) is 0. The number of aromatic nitrogens is 1. The topological polar surface area (TPSA) is 8.17 Å². The quantitative estimate of drug-likeness (QED) is 0.148. The van der Waals surface area contributed by atoms with Crippen molar-refractivity contribution < 1.29 is 0 Å². The van der Waals surface area contributed by atoms with Crippen LogP contribution in [0.2, 0.25) is 0 Å². The van der Waals surface area contributed by atoms with Crippen LogP contribution in [0.3, 0.4) is 0 Å². The molecule has 0 amide bonds. The molecule has 3 heteroatoms. The molecule has 0 N–H and O–H groups in total. The average molecular weight is 821 g/mol. The first-order valence-electron chi connectivity index (χ1n) is 21.5. The molecule has 0 saturated heterocycles. The number of rotatable bonds is 8. The lowest BCUT2D eigenvalue weighted by Gasteiger charge is -2.29. The zero-order valence-electron chi connectivity index (χ0n) is 34.4. The van der Waals surface area contributed by atoms with Gasteiger partial charge in [0.2, 0.25) is 0 Å². The van der Waals surface area contributed by atoms with Crippen LogP contribution in [0.1, 0.15) is 0 Å². The number of nitrogens with zero attached hydrogens (tertiary/aromatic N) is 2. The maximum absolute atomic E-state index is 2.48. The first-order chi connectivity index (χ1) is 31.3. The maximum atomic E-state index is 2.48. The Labute approximate surface area is 370 Å². The Hall–Kier alpha value is -7.98. The molecule has 12 rings (SSSR count). The summed E-state index contributed by atoms with van der Waals surface area (Å²) in [4.78, 5) is 2.48. The highest BCUT2D eigenvalue weighted by Crippen LogP contribution is 2.49. The van der Waals surface area contributed by atoms with Gasteiger partial charge in [-0.2, -0.15) is 0 Å². The van der Waals surface area contributed by atoms with Gasteiger partial charge in [0.1, 0.15) is 0 Å². The second-order valence-corrected chi connectivity index (χ2v) is 17.1. The Balaban J connectivity index is 1.09. The minimum Gasteiger partial charge on any atom is -0.309 e. The molecule has 2 aromatic heterocycles. The molecule has 0 fully saturated rings. The van der Waals surface area contributed by atoms with Crippen molar-refractivity contribution in [3.63, 3.8) is 0 Å². The third kappa shape index (κ3) is 6.41. The molecule has 0 aliphatic heterocycles. The van der Waals surface area contributed by atoms with Crippen LogP contribution >= 0.6 is 11.3 Å². The Morgan fingerprint density at radius 3 is 1.44 bits per heavy atom. The normalized spacial score (nSPS) is 11.5. The fourth-order valence-corrected chi connectivity index (χ4v) is 10.6. The number of thiophene rings is 1. The molecule has 0 saturated carbocycles. The SMILES string of the molecule is c1ccc(-c2ccc(N(c3ccccc3-c3ccccc3-n3c4ccc(-c5ccccc5)cc4c4cc(-c5ccccc5)ccc43)c3cccc4sc5ccccc5c34)cc2)cc1. The van der Waals surface area contributed by atoms with E-state index >= 15 is 0 Å². The molecule has 296 valence electrons. The van der Waals surface area contributed by atoms with Gasteiger partial charge < -0.3 is 9.47 Å². The maximum Gasteiger partial charge on any atom is 0.0555 e. The Bertz CT molecular complexity index is 3510. The molecular formula is C60H40N2S. The van der Waals surface area contributed by atoms with E-state index < -0.39 is 0 Å². The van der Waals surface area contributed by atoms with Crippen molar-refractivity contribution in [1.29, 1.82) is 0 Å². The zero-order chi connectivity index (χ0) is 41.7. The summed E-state index contributed by atoms with van der Waals surface area (Å²) in [5.41, 5.74) is 16.3. The van der Waals surface area contributed by atoms with Crippen molar-refractivity contribution in [1.82, 2.24) is 4.57 Å². The minimum absolute atomic E-state index is 1.10. The van der Waals surface area contributed by atoms with Gasteiger partial charge in [-0.3, -0.25) is 0 Å². The highest BCUT2D eigenvalue weighted by Gasteiger charge is 2.24. The van der Waals surface area contributed by atoms with E-state index in [1.807, 2.05) is 11.3 Å². The highest BCUT2D eigenvalue weighted by atomic mass is 32.1. The summed E-state index contributed by atoms with van der Waals surface area (Å²) in [6, 6.07) is 88.5. The molecule has 0 spiro atoms. The lowest BCUT2D eigenvalue weighted by Crippen LogP contribution is -2.12. The van der Waals surface area contributed by atoms with Crippen LogP contribution in [0.25, 0.3) is 92.2 Å². The lowest BCUT2D eigenvalue weighted by atomic mass is 9.98. The van der Waals surface area contributed by atoms with Gasteiger partial charge in [-0.1, -0.05) is 176 Å². The monoisotopic (exact) mass is 820 g/mol. The summed E-state index contributed by atoms with van der Waals surface area (Å²) in [5, 5.41) is 4.98. The second-order valence-electron chi connectivity index (χ2n) is 16.1. The number of anilines is 3. The van der Waals surface area contributed by atoms with E-state index in [0.717, 1.165) is 33.9 Å². The number of benzene rings is 10. The van der Waals surface area contributed by atoms with Gasteiger partial charge in [-0.05, 0) is 100 Å². The fraction of sp³-hybridized carbons (Fsp3) is 0. The summed E-state index contributed by atoms with van der Waals surface area (Å²) in [6.45, 7) is 0. The van der Waals surface area contributed by atoms with E-state index in [4.69, 9.17) is 0 Å². The van der Waals surface area contributed by atoms with E-state index in [1.54, 1.807) is 0 Å². The molecule has 10 aromatic carbocycles. The third-order valence-electron chi connectivity index (χ3n) is 12.4. The molecule has 0 aliphatic carbocycles. The van der Waals surface area contributed by atoms with E-state index in [1.165, 1.54) is 75.4 Å². The van der Waals surface area contributed by atoms with Gasteiger partial charge in [-0.25, -0.2) is 0 Å². The molecule has 2 heterocycles. The van der Waals surface area contributed by atoms with Crippen LogP contribution in [0, 0.1) is 0 Å². The average Bonchev–Trinajstić information content (AvgIpc) is 3.91. The highest BCUT2D eigenvalue weighted by molar-refractivity contribution is 7.26. The summed E-state index contributed by atoms with van der Waals surface area (Å²) >= 11 is 1.86. The van der Waals surface area contributed by atoms with Gasteiger partial charge in [0.15, 0.2) is 0 Å². The minimum atomic E-state index is 1.10. The number of fused-ring (bicyclic) bond motifs is 6. The molecule has 0 unspecified atom stereocenters. The molecule has 0 bridgehead atoms. The van der Waals surface area contributed by atoms with Gasteiger partial charge in [0.25, 0.3) is 0 Å². The van der Waals surface area contributed by atoms with Gasteiger partial charge in [0, 0.05) is 47.8 Å². The van der Waals surface area contributed by atoms with Crippen molar-refractivity contribution in [3.8, 4) is 50.2 Å². The summed E-state index contributed by atoms with van der Waals surface area (Å²) in [7, 11) is 0.